The van der Waals surface area contributed by atoms with Crippen molar-refractivity contribution in [1.29, 1.82) is 0 Å². The van der Waals surface area contributed by atoms with Gasteiger partial charge in [-0.2, -0.15) is 0 Å². The summed E-state index contributed by atoms with van der Waals surface area (Å²) in [7, 11) is 0. The molecule has 1 aromatic carbocycles. The van der Waals surface area contributed by atoms with Crippen molar-refractivity contribution in [3.05, 3.63) is 35.1 Å². The van der Waals surface area contributed by atoms with Gasteiger partial charge in [0.25, 0.3) is 0 Å². The van der Waals surface area contributed by atoms with Crippen LogP contribution in [0.5, 0.6) is 0 Å². The van der Waals surface area contributed by atoms with E-state index in [1.165, 1.54) is 5.56 Å². The number of aryl methyl sites for hydroxylation is 1. The molecule has 134 valence electrons. The van der Waals surface area contributed by atoms with Crippen molar-refractivity contribution in [2.75, 3.05) is 0 Å². The second kappa shape index (κ2) is 5.93. The molecule has 0 saturated heterocycles. The molecule has 25 heavy (non-hydrogen) atoms. The fourth-order valence-electron chi connectivity index (χ4n) is 6.18. The summed E-state index contributed by atoms with van der Waals surface area (Å²) in [5.74, 6) is 0.643. The minimum absolute atomic E-state index is 0.143. The van der Waals surface area contributed by atoms with Crippen molar-refractivity contribution in [2.24, 2.45) is 23.2 Å². The molecule has 0 spiro atoms. The van der Waals surface area contributed by atoms with Gasteiger partial charge in [-0.15, -0.1) is 0 Å². The van der Waals surface area contributed by atoms with E-state index >= 15 is 0 Å². The third-order valence-corrected chi connectivity index (χ3v) is 7.26. The summed E-state index contributed by atoms with van der Waals surface area (Å²) in [5.41, 5.74) is 2.09. The van der Waals surface area contributed by atoms with Gasteiger partial charge in [0, 0.05) is 18.3 Å². The summed E-state index contributed by atoms with van der Waals surface area (Å²) in [5, 5.41) is 9.07. The van der Waals surface area contributed by atoms with Crippen molar-refractivity contribution in [2.45, 2.75) is 57.8 Å². The molecule has 3 aliphatic carbocycles. The largest absolute Gasteiger partial charge is 0.481 e. The standard InChI is InChI=1S/C21H25FO3/c1-21-9-8-16-15-6-4-14(22)10-12(15)2-5-17(16)20(21)13(11-18(21)23)3-7-19(24)25/h4,6,10,13,16-17,20H,2-3,5,7-9,11H2,1H3,(H,24,25)/t13-,16-,17-,20+,21-/m1/s1. The van der Waals surface area contributed by atoms with Crippen molar-refractivity contribution >= 4 is 11.8 Å². The minimum Gasteiger partial charge on any atom is -0.481 e. The maximum absolute atomic E-state index is 13.6. The number of Topliss-reactive ketones (excluding diaryl/α,β-unsaturated/α-hetero) is 1. The highest BCUT2D eigenvalue weighted by atomic mass is 19.1. The quantitative estimate of drug-likeness (QED) is 0.887. The van der Waals surface area contributed by atoms with E-state index in [0.717, 1.165) is 31.2 Å². The summed E-state index contributed by atoms with van der Waals surface area (Å²) < 4.78 is 13.6. The molecule has 0 bridgehead atoms. The van der Waals surface area contributed by atoms with E-state index in [1.807, 2.05) is 6.07 Å². The first-order valence-electron chi connectivity index (χ1n) is 9.43. The Balaban J connectivity index is 1.67. The Morgan fingerprint density at radius 2 is 2.16 bits per heavy atom. The number of carbonyl (C=O) groups is 2. The van der Waals surface area contributed by atoms with Gasteiger partial charge in [0.15, 0.2) is 0 Å². The Bertz CT molecular complexity index is 728. The van der Waals surface area contributed by atoms with E-state index in [2.05, 4.69) is 6.92 Å². The number of halogens is 1. The zero-order chi connectivity index (χ0) is 17.8. The number of carbonyl (C=O) groups excluding carboxylic acids is 1. The molecule has 4 heteroatoms. The molecule has 0 amide bonds. The smallest absolute Gasteiger partial charge is 0.303 e. The zero-order valence-electron chi connectivity index (χ0n) is 14.6. The Hall–Kier alpha value is -1.71. The van der Waals surface area contributed by atoms with Crippen LogP contribution in [0.1, 0.15) is 62.5 Å². The number of hydrogen-bond donors (Lipinski definition) is 1. The van der Waals surface area contributed by atoms with Crippen LogP contribution in [-0.2, 0) is 16.0 Å². The van der Waals surface area contributed by atoms with E-state index in [4.69, 9.17) is 5.11 Å². The maximum Gasteiger partial charge on any atom is 0.303 e. The molecule has 0 heterocycles. The molecule has 2 fully saturated rings. The molecule has 0 unspecified atom stereocenters. The monoisotopic (exact) mass is 344 g/mol. The van der Waals surface area contributed by atoms with Crippen LogP contribution >= 0.6 is 0 Å². The van der Waals surface area contributed by atoms with Crippen LogP contribution in [0.3, 0.4) is 0 Å². The normalized spacial score (nSPS) is 36.5. The van der Waals surface area contributed by atoms with E-state index in [0.29, 0.717) is 30.5 Å². The molecule has 0 aromatic heterocycles. The van der Waals surface area contributed by atoms with Gasteiger partial charge in [-0.25, -0.2) is 4.39 Å². The van der Waals surface area contributed by atoms with E-state index in [-0.39, 0.29) is 29.5 Å². The van der Waals surface area contributed by atoms with Crippen molar-refractivity contribution in [3.63, 3.8) is 0 Å². The Morgan fingerprint density at radius 1 is 1.36 bits per heavy atom. The topological polar surface area (TPSA) is 54.4 Å². The second-order valence-electron chi connectivity index (χ2n) is 8.45. The highest BCUT2D eigenvalue weighted by Crippen LogP contribution is 2.62. The van der Waals surface area contributed by atoms with E-state index < -0.39 is 5.97 Å². The second-order valence-corrected chi connectivity index (χ2v) is 8.45. The fourth-order valence-corrected chi connectivity index (χ4v) is 6.18. The van der Waals surface area contributed by atoms with Crippen molar-refractivity contribution in [1.82, 2.24) is 0 Å². The SMILES string of the molecule is C[C@]12CC[C@@H]3c4ccc(F)cc4CC[C@H]3[C@@H]1[C@H](CCC(=O)O)CC2=O. The molecular weight excluding hydrogens is 319 g/mol. The van der Waals surface area contributed by atoms with Gasteiger partial charge in [-0.1, -0.05) is 13.0 Å². The predicted octanol–water partition coefficient (Wildman–Crippen LogP) is 4.34. The number of benzene rings is 1. The molecule has 3 aliphatic rings. The average Bonchev–Trinajstić information content (AvgIpc) is 2.83. The van der Waals surface area contributed by atoms with Gasteiger partial charge in [-0.3, -0.25) is 9.59 Å². The lowest BCUT2D eigenvalue weighted by molar-refractivity contribution is -0.137. The highest BCUT2D eigenvalue weighted by Gasteiger charge is 2.58. The lowest BCUT2D eigenvalue weighted by atomic mass is 9.54. The highest BCUT2D eigenvalue weighted by molar-refractivity contribution is 5.87. The van der Waals surface area contributed by atoms with Gasteiger partial charge in [0.1, 0.15) is 11.6 Å². The summed E-state index contributed by atoms with van der Waals surface area (Å²) in [4.78, 5) is 23.8. The first-order chi connectivity index (χ1) is 11.9. The lowest BCUT2D eigenvalue weighted by Crippen LogP contribution is -2.44. The molecule has 1 N–H and O–H groups in total. The number of carboxylic acids is 1. The van der Waals surface area contributed by atoms with Crippen LogP contribution in [0.4, 0.5) is 4.39 Å². The summed E-state index contributed by atoms with van der Waals surface area (Å²) in [6.45, 7) is 2.11. The van der Waals surface area contributed by atoms with Gasteiger partial charge in [0.2, 0.25) is 0 Å². The fraction of sp³-hybridized carbons (Fsp3) is 0.619. The number of aliphatic carboxylic acids is 1. The molecule has 5 atom stereocenters. The number of rotatable bonds is 3. The number of carboxylic acid groups (broad SMARTS) is 1. The first kappa shape index (κ1) is 16.7. The van der Waals surface area contributed by atoms with Gasteiger partial charge < -0.3 is 5.11 Å². The first-order valence-corrected chi connectivity index (χ1v) is 9.43. The molecule has 0 aliphatic heterocycles. The third-order valence-electron chi connectivity index (χ3n) is 7.26. The van der Waals surface area contributed by atoms with Crippen LogP contribution in [0.15, 0.2) is 18.2 Å². The van der Waals surface area contributed by atoms with Crippen molar-refractivity contribution < 1.29 is 19.1 Å². The minimum atomic E-state index is -0.780. The molecule has 4 rings (SSSR count). The molecule has 2 saturated carbocycles. The summed E-state index contributed by atoms with van der Waals surface area (Å²) in [6.07, 6.45) is 4.98. The van der Waals surface area contributed by atoms with E-state index in [9.17, 15) is 14.0 Å². The number of fused-ring (bicyclic) bond motifs is 5. The lowest BCUT2D eigenvalue weighted by Gasteiger charge is -2.50. The van der Waals surface area contributed by atoms with Crippen molar-refractivity contribution in [3.8, 4) is 0 Å². The maximum atomic E-state index is 13.6. The zero-order valence-corrected chi connectivity index (χ0v) is 14.6. The summed E-state index contributed by atoms with van der Waals surface area (Å²) in [6, 6.07) is 5.16. The average molecular weight is 344 g/mol. The van der Waals surface area contributed by atoms with Crippen LogP contribution in [0.25, 0.3) is 0 Å². The Morgan fingerprint density at radius 3 is 2.92 bits per heavy atom. The Kier molecular flexibility index (Phi) is 3.97. The molecular formula is C21H25FO3. The van der Waals surface area contributed by atoms with Gasteiger partial charge in [0.05, 0.1) is 0 Å². The molecule has 1 aromatic rings. The predicted molar refractivity (Wildman–Crippen MR) is 91.8 cm³/mol. The molecule has 0 radical (unpaired) electrons. The van der Waals surface area contributed by atoms with Crippen LogP contribution in [0, 0.1) is 29.0 Å². The number of hydrogen-bond acceptors (Lipinski definition) is 2. The van der Waals surface area contributed by atoms with Crippen LogP contribution in [0.2, 0.25) is 0 Å². The number of ketones is 1. The van der Waals surface area contributed by atoms with Gasteiger partial charge >= 0.3 is 5.97 Å². The van der Waals surface area contributed by atoms with Crippen LogP contribution in [-0.4, -0.2) is 16.9 Å². The third kappa shape index (κ3) is 2.61. The molecule has 3 nitrogen and oxygen atoms in total. The van der Waals surface area contributed by atoms with Gasteiger partial charge in [-0.05, 0) is 79.0 Å². The summed E-state index contributed by atoms with van der Waals surface area (Å²) >= 11 is 0. The van der Waals surface area contributed by atoms with E-state index in [1.54, 1.807) is 12.1 Å². The van der Waals surface area contributed by atoms with Crippen LogP contribution < -0.4 is 0 Å². The Labute approximate surface area is 147 Å².